The van der Waals surface area contributed by atoms with Gasteiger partial charge in [0, 0.05) is 0 Å². The summed E-state index contributed by atoms with van der Waals surface area (Å²) < 4.78 is 0. The van der Waals surface area contributed by atoms with Crippen molar-refractivity contribution in [1.82, 2.24) is 0 Å². The van der Waals surface area contributed by atoms with Gasteiger partial charge in [0.25, 0.3) is 0 Å². The topological polar surface area (TPSA) is 57.5 Å². The SMILES string of the molecule is CC(C)(C(=O)O)c1ccc(C(O)C2CC2)cc1. The van der Waals surface area contributed by atoms with Crippen LogP contribution in [0.1, 0.15) is 43.9 Å². The molecule has 1 atom stereocenters. The van der Waals surface area contributed by atoms with Gasteiger partial charge in [0.15, 0.2) is 0 Å². The predicted octanol–water partition coefficient (Wildman–Crippen LogP) is 2.49. The highest BCUT2D eigenvalue weighted by Gasteiger charge is 2.32. The summed E-state index contributed by atoms with van der Waals surface area (Å²) in [6.45, 7) is 3.36. The van der Waals surface area contributed by atoms with Gasteiger partial charge >= 0.3 is 5.97 Å². The fourth-order valence-electron chi connectivity index (χ4n) is 1.90. The van der Waals surface area contributed by atoms with E-state index in [0.717, 1.165) is 24.0 Å². The van der Waals surface area contributed by atoms with Gasteiger partial charge in [-0.25, -0.2) is 0 Å². The van der Waals surface area contributed by atoms with Crippen LogP contribution in [0.25, 0.3) is 0 Å². The third-order valence-corrected chi connectivity index (χ3v) is 3.58. The molecule has 3 heteroatoms. The molecule has 0 radical (unpaired) electrons. The van der Waals surface area contributed by atoms with Gasteiger partial charge in [0.2, 0.25) is 0 Å². The Balaban J connectivity index is 2.20. The minimum Gasteiger partial charge on any atom is -0.481 e. The number of hydrogen-bond acceptors (Lipinski definition) is 2. The summed E-state index contributed by atoms with van der Waals surface area (Å²) in [7, 11) is 0. The predicted molar refractivity (Wildman–Crippen MR) is 64.8 cm³/mol. The standard InChI is InChI=1S/C14H18O3/c1-14(2,13(16)17)11-7-5-10(6-8-11)12(15)9-3-4-9/h5-9,12,15H,3-4H2,1-2H3,(H,16,17). The minimum absolute atomic E-state index is 0.392. The Bertz CT molecular complexity index is 416. The number of carboxylic acid groups (broad SMARTS) is 1. The summed E-state index contributed by atoms with van der Waals surface area (Å²) in [6.07, 6.45) is 1.78. The van der Waals surface area contributed by atoms with E-state index in [1.54, 1.807) is 26.0 Å². The van der Waals surface area contributed by atoms with Gasteiger partial charge in [-0.1, -0.05) is 24.3 Å². The van der Waals surface area contributed by atoms with Crippen molar-refractivity contribution in [2.75, 3.05) is 0 Å². The van der Waals surface area contributed by atoms with Gasteiger partial charge < -0.3 is 10.2 Å². The Morgan fingerprint density at radius 2 is 1.82 bits per heavy atom. The molecule has 1 aliphatic carbocycles. The van der Waals surface area contributed by atoms with Crippen LogP contribution in [-0.4, -0.2) is 16.2 Å². The number of hydrogen-bond donors (Lipinski definition) is 2. The molecule has 92 valence electrons. The van der Waals surface area contributed by atoms with E-state index in [-0.39, 0.29) is 0 Å². The molecule has 0 saturated heterocycles. The number of aliphatic hydroxyl groups is 1. The summed E-state index contributed by atoms with van der Waals surface area (Å²) in [4.78, 5) is 11.1. The molecule has 0 bridgehead atoms. The molecule has 1 aliphatic rings. The lowest BCUT2D eigenvalue weighted by Gasteiger charge is -2.20. The van der Waals surface area contributed by atoms with E-state index in [4.69, 9.17) is 5.11 Å². The van der Waals surface area contributed by atoms with E-state index in [9.17, 15) is 9.90 Å². The van der Waals surface area contributed by atoms with Gasteiger partial charge in [0.1, 0.15) is 0 Å². The first kappa shape index (κ1) is 12.1. The van der Waals surface area contributed by atoms with Crippen LogP contribution in [0.4, 0.5) is 0 Å². The van der Waals surface area contributed by atoms with Crippen molar-refractivity contribution in [2.24, 2.45) is 5.92 Å². The minimum atomic E-state index is -0.886. The number of benzene rings is 1. The fraction of sp³-hybridized carbons (Fsp3) is 0.500. The van der Waals surface area contributed by atoms with Crippen molar-refractivity contribution >= 4 is 5.97 Å². The zero-order valence-corrected chi connectivity index (χ0v) is 10.2. The summed E-state index contributed by atoms with van der Waals surface area (Å²) in [5.74, 6) is -0.443. The third-order valence-electron chi connectivity index (χ3n) is 3.58. The van der Waals surface area contributed by atoms with Crippen LogP contribution in [0, 0.1) is 5.92 Å². The van der Waals surface area contributed by atoms with Crippen LogP contribution in [-0.2, 0) is 10.2 Å². The van der Waals surface area contributed by atoms with Gasteiger partial charge in [-0.05, 0) is 43.7 Å². The number of aliphatic carboxylic acids is 1. The molecule has 17 heavy (non-hydrogen) atoms. The summed E-state index contributed by atoms with van der Waals surface area (Å²) in [5.41, 5.74) is 0.762. The summed E-state index contributed by atoms with van der Waals surface area (Å²) in [5, 5.41) is 19.1. The lowest BCUT2D eigenvalue weighted by molar-refractivity contribution is -0.142. The summed E-state index contributed by atoms with van der Waals surface area (Å²) in [6, 6.07) is 7.27. The third kappa shape index (κ3) is 2.34. The first-order valence-corrected chi connectivity index (χ1v) is 5.95. The fourth-order valence-corrected chi connectivity index (χ4v) is 1.90. The molecule has 0 aromatic heterocycles. The number of carboxylic acids is 1. The second-order valence-corrected chi connectivity index (χ2v) is 5.33. The molecule has 0 heterocycles. The average Bonchev–Trinajstić information content (AvgIpc) is 3.12. The zero-order valence-electron chi connectivity index (χ0n) is 10.2. The van der Waals surface area contributed by atoms with E-state index >= 15 is 0 Å². The second-order valence-electron chi connectivity index (χ2n) is 5.33. The molecule has 1 saturated carbocycles. The van der Waals surface area contributed by atoms with Crippen LogP contribution in [0.2, 0.25) is 0 Å². The van der Waals surface area contributed by atoms with E-state index < -0.39 is 17.5 Å². The molecule has 1 fully saturated rings. The van der Waals surface area contributed by atoms with Gasteiger partial charge in [0.05, 0.1) is 11.5 Å². The van der Waals surface area contributed by atoms with Gasteiger partial charge in [-0.2, -0.15) is 0 Å². The van der Waals surface area contributed by atoms with E-state index in [0.29, 0.717) is 5.92 Å². The normalized spacial score (nSPS) is 17.8. The van der Waals surface area contributed by atoms with Gasteiger partial charge in [-0.15, -0.1) is 0 Å². The van der Waals surface area contributed by atoms with Crippen molar-refractivity contribution in [3.8, 4) is 0 Å². The zero-order chi connectivity index (χ0) is 12.6. The van der Waals surface area contributed by atoms with Crippen LogP contribution in [0.5, 0.6) is 0 Å². The summed E-state index contributed by atoms with van der Waals surface area (Å²) >= 11 is 0. The maximum atomic E-state index is 11.1. The molecule has 1 unspecified atom stereocenters. The Hall–Kier alpha value is -1.35. The van der Waals surface area contributed by atoms with Crippen LogP contribution < -0.4 is 0 Å². The maximum absolute atomic E-state index is 11.1. The van der Waals surface area contributed by atoms with E-state index in [1.807, 2.05) is 12.1 Å². The smallest absolute Gasteiger partial charge is 0.313 e. The van der Waals surface area contributed by atoms with Crippen LogP contribution in [0.15, 0.2) is 24.3 Å². The van der Waals surface area contributed by atoms with Crippen molar-refractivity contribution in [3.05, 3.63) is 35.4 Å². The highest BCUT2D eigenvalue weighted by molar-refractivity contribution is 5.80. The second kappa shape index (κ2) is 4.15. The number of carbonyl (C=O) groups is 1. The lowest BCUT2D eigenvalue weighted by atomic mass is 9.84. The quantitative estimate of drug-likeness (QED) is 0.841. The highest BCUT2D eigenvalue weighted by Crippen LogP contribution is 2.41. The van der Waals surface area contributed by atoms with Crippen molar-refractivity contribution in [2.45, 2.75) is 38.2 Å². The molecular formula is C14H18O3. The number of aliphatic hydroxyl groups excluding tert-OH is 1. The van der Waals surface area contributed by atoms with Crippen molar-refractivity contribution in [3.63, 3.8) is 0 Å². The van der Waals surface area contributed by atoms with Crippen LogP contribution in [0.3, 0.4) is 0 Å². The molecule has 2 N–H and O–H groups in total. The average molecular weight is 234 g/mol. The largest absolute Gasteiger partial charge is 0.481 e. The van der Waals surface area contributed by atoms with Crippen LogP contribution >= 0.6 is 0 Å². The molecular weight excluding hydrogens is 216 g/mol. The monoisotopic (exact) mass is 234 g/mol. The molecule has 3 nitrogen and oxygen atoms in total. The van der Waals surface area contributed by atoms with Gasteiger partial charge in [-0.3, -0.25) is 4.79 Å². The molecule has 1 aromatic rings. The first-order valence-electron chi connectivity index (χ1n) is 5.95. The van der Waals surface area contributed by atoms with Crippen molar-refractivity contribution in [1.29, 1.82) is 0 Å². The Morgan fingerprint density at radius 3 is 2.24 bits per heavy atom. The molecule has 0 amide bonds. The molecule has 2 rings (SSSR count). The first-order chi connectivity index (χ1) is 7.93. The highest BCUT2D eigenvalue weighted by atomic mass is 16.4. The number of rotatable bonds is 4. The molecule has 1 aromatic carbocycles. The Labute approximate surface area is 101 Å². The maximum Gasteiger partial charge on any atom is 0.313 e. The molecule has 0 spiro atoms. The molecule has 0 aliphatic heterocycles. The lowest BCUT2D eigenvalue weighted by Crippen LogP contribution is -2.28. The van der Waals surface area contributed by atoms with E-state index in [1.165, 1.54) is 0 Å². The Kier molecular flexibility index (Phi) is 2.96. The van der Waals surface area contributed by atoms with Crippen molar-refractivity contribution < 1.29 is 15.0 Å². The van der Waals surface area contributed by atoms with E-state index in [2.05, 4.69) is 0 Å². The Morgan fingerprint density at radius 1 is 1.29 bits per heavy atom.